The van der Waals surface area contributed by atoms with Crippen LogP contribution in [0.2, 0.25) is 0 Å². The fourth-order valence-corrected chi connectivity index (χ4v) is 2.03. The molecule has 0 saturated carbocycles. The summed E-state index contributed by atoms with van der Waals surface area (Å²) in [6, 6.07) is 3.21. The average molecular weight is 345 g/mol. The van der Waals surface area contributed by atoms with Crippen molar-refractivity contribution in [2.45, 2.75) is 18.6 Å². The predicted molar refractivity (Wildman–Crippen MR) is 76.1 cm³/mol. The Morgan fingerprint density at radius 1 is 1.33 bits per heavy atom. The second kappa shape index (κ2) is 6.87. The molecule has 1 aromatic carbocycles. The molecule has 10 heteroatoms. The number of imide groups is 1. The lowest BCUT2D eigenvalue weighted by molar-refractivity contribution is -0.200. The highest BCUT2D eigenvalue weighted by atomic mass is 19.4. The molecule has 130 valence electrons. The van der Waals surface area contributed by atoms with Crippen LogP contribution >= 0.6 is 0 Å². The number of nitrogens with one attached hydrogen (secondary N) is 2. The molecular weight excluding hydrogens is 331 g/mol. The molecular formula is C14H14F3N3O4. The number of esters is 1. The number of ether oxygens (including phenoxy) is 1. The lowest BCUT2D eigenvalue weighted by atomic mass is 10.1. The molecule has 2 rings (SSSR count). The van der Waals surface area contributed by atoms with E-state index in [1.54, 1.807) is 12.1 Å². The Bertz CT molecular complexity index is 676. The Balaban J connectivity index is 1.89. The molecule has 0 radical (unpaired) electrons. The van der Waals surface area contributed by atoms with Gasteiger partial charge in [-0.05, 0) is 24.1 Å². The molecule has 7 nitrogen and oxygen atoms in total. The maximum atomic E-state index is 12.0. The van der Waals surface area contributed by atoms with Crippen molar-refractivity contribution < 1.29 is 32.3 Å². The quantitative estimate of drug-likeness (QED) is 0.679. The van der Waals surface area contributed by atoms with Crippen LogP contribution in [0, 0.1) is 0 Å². The highest BCUT2D eigenvalue weighted by Crippen LogP contribution is 2.23. The van der Waals surface area contributed by atoms with Crippen LogP contribution in [0.5, 0.6) is 0 Å². The zero-order chi connectivity index (χ0) is 17.9. The summed E-state index contributed by atoms with van der Waals surface area (Å²) in [7, 11) is 0. The molecule has 1 atom stereocenters. The molecule has 1 aliphatic heterocycles. The summed E-state index contributed by atoms with van der Waals surface area (Å²) in [5, 5.41) is 5.01. The molecule has 0 fully saturated rings. The van der Waals surface area contributed by atoms with E-state index in [0.29, 0.717) is 0 Å². The zero-order valence-electron chi connectivity index (χ0n) is 12.3. The number of carbonyl (C=O) groups excluding carboxylic acids is 3. The van der Waals surface area contributed by atoms with Crippen LogP contribution in [-0.4, -0.2) is 43.2 Å². The van der Waals surface area contributed by atoms with Crippen molar-refractivity contribution >= 4 is 23.5 Å². The van der Waals surface area contributed by atoms with Gasteiger partial charge >= 0.3 is 12.1 Å². The first-order chi connectivity index (χ1) is 11.2. The summed E-state index contributed by atoms with van der Waals surface area (Å²) in [5.41, 5.74) is 7.31. The van der Waals surface area contributed by atoms with Gasteiger partial charge in [-0.3, -0.25) is 14.9 Å². The van der Waals surface area contributed by atoms with E-state index in [0.717, 1.165) is 24.2 Å². The lowest BCUT2D eigenvalue weighted by Gasteiger charge is -2.13. The molecule has 0 saturated heterocycles. The third kappa shape index (κ3) is 4.22. The van der Waals surface area contributed by atoms with Gasteiger partial charge in [-0.2, -0.15) is 13.2 Å². The first-order valence-electron chi connectivity index (χ1n) is 6.90. The number of nitrogens with two attached hydrogens (primary N) is 1. The molecule has 24 heavy (non-hydrogen) atoms. The number of halogens is 3. The molecule has 0 bridgehead atoms. The van der Waals surface area contributed by atoms with Gasteiger partial charge in [0.25, 0.3) is 5.91 Å². The fraction of sp³-hybridized carbons (Fsp3) is 0.357. The number of alkyl halides is 3. The van der Waals surface area contributed by atoms with Gasteiger partial charge in [0, 0.05) is 17.8 Å². The minimum Gasteiger partial charge on any atom is -0.457 e. The fourth-order valence-electron chi connectivity index (χ4n) is 2.03. The Hall–Kier alpha value is -2.62. The van der Waals surface area contributed by atoms with Crippen LogP contribution in [-0.2, 0) is 20.7 Å². The number of rotatable bonds is 4. The van der Waals surface area contributed by atoms with Crippen LogP contribution < -0.4 is 16.4 Å². The summed E-state index contributed by atoms with van der Waals surface area (Å²) in [6.45, 7) is -0.252. The Morgan fingerprint density at radius 2 is 2.04 bits per heavy atom. The maximum absolute atomic E-state index is 12.0. The van der Waals surface area contributed by atoms with Crippen LogP contribution in [0.4, 0.5) is 18.9 Å². The monoisotopic (exact) mass is 345 g/mol. The van der Waals surface area contributed by atoms with E-state index in [9.17, 15) is 27.6 Å². The predicted octanol–water partition coefficient (Wildman–Crippen LogP) is 0.344. The Morgan fingerprint density at radius 3 is 2.71 bits per heavy atom. The summed E-state index contributed by atoms with van der Waals surface area (Å²) in [6.07, 6.45) is -4.35. The summed E-state index contributed by atoms with van der Waals surface area (Å²) >= 11 is 0. The first-order valence-corrected chi connectivity index (χ1v) is 6.90. The average Bonchev–Trinajstić information content (AvgIpc) is 2.98. The normalized spacial score (nSPS) is 14.3. The van der Waals surface area contributed by atoms with Crippen LogP contribution in [0.15, 0.2) is 18.2 Å². The van der Waals surface area contributed by atoms with Crippen LogP contribution in [0.3, 0.4) is 0 Å². The van der Waals surface area contributed by atoms with Crippen molar-refractivity contribution in [1.29, 1.82) is 0 Å². The number of fused-ring (bicyclic) bond motifs is 1. The van der Waals surface area contributed by atoms with E-state index in [2.05, 4.69) is 10.1 Å². The van der Waals surface area contributed by atoms with Gasteiger partial charge in [0.1, 0.15) is 12.6 Å². The third-order valence-electron chi connectivity index (χ3n) is 3.28. The molecule has 2 amide bonds. The molecule has 0 unspecified atom stereocenters. The Labute approximate surface area is 134 Å². The summed E-state index contributed by atoms with van der Waals surface area (Å²) < 4.78 is 39.8. The molecule has 1 heterocycles. The topological polar surface area (TPSA) is 111 Å². The van der Waals surface area contributed by atoms with Crippen molar-refractivity contribution in [3.05, 3.63) is 29.3 Å². The third-order valence-corrected chi connectivity index (χ3v) is 3.28. The number of benzene rings is 1. The molecule has 1 aromatic rings. The number of hydrogen-bond acceptors (Lipinski definition) is 6. The molecule has 0 aliphatic carbocycles. The molecule has 0 aromatic heterocycles. The second-order valence-corrected chi connectivity index (χ2v) is 5.07. The van der Waals surface area contributed by atoms with E-state index in [1.807, 2.05) is 5.32 Å². The van der Waals surface area contributed by atoms with Gasteiger partial charge in [0.05, 0.1) is 0 Å². The zero-order valence-corrected chi connectivity index (χ0v) is 12.3. The minimum atomic E-state index is -5.18. The number of hydrogen-bond donors (Lipinski definition) is 3. The van der Waals surface area contributed by atoms with Crippen molar-refractivity contribution in [2.75, 3.05) is 18.5 Å². The van der Waals surface area contributed by atoms with Gasteiger partial charge in [-0.15, -0.1) is 0 Å². The number of anilines is 1. The van der Waals surface area contributed by atoms with Crippen molar-refractivity contribution in [3.63, 3.8) is 0 Å². The summed E-state index contributed by atoms with van der Waals surface area (Å²) in [4.78, 5) is 34.2. The second-order valence-electron chi connectivity index (χ2n) is 5.07. The Kier molecular flexibility index (Phi) is 5.07. The van der Waals surface area contributed by atoms with E-state index >= 15 is 0 Å². The highest BCUT2D eigenvalue weighted by Gasteiger charge is 2.41. The largest absolute Gasteiger partial charge is 0.490 e. The maximum Gasteiger partial charge on any atom is 0.490 e. The van der Waals surface area contributed by atoms with E-state index in [-0.39, 0.29) is 5.56 Å². The minimum absolute atomic E-state index is 0.191. The molecule has 0 spiro atoms. The van der Waals surface area contributed by atoms with Crippen LogP contribution in [0.25, 0.3) is 0 Å². The number of carbonyl (C=O) groups is 3. The highest BCUT2D eigenvalue weighted by molar-refractivity contribution is 6.06. The first kappa shape index (κ1) is 17.7. The molecule has 1 aliphatic rings. The van der Waals surface area contributed by atoms with Gasteiger partial charge in [0.15, 0.2) is 0 Å². The summed E-state index contributed by atoms with van der Waals surface area (Å²) in [5.74, 6) is -4.26. The number of amides is 2. The van der Waals surface area contributed by atoms with E-state index in [4.69, 9.17) is 5.73 Å². The van der Waals surface area contributed by atoms with Crippen molar-refractivity contribution in [2.24, 2.45) is 5.73 Å². The SMILES string of the molecule is N[C@H](COC(=O)C(F)(F)F)C(=O)NC(=O)c1ccc2c(c1)NCC2. The van der Waals surface area contributed by atoms with Crippen molar-refractivity contribution in [3.8, 4) is 0 Å². The van der Waals surface area contributed by atoms with E-state index < -0.39 is 36.6 Å². The van der Waals surface area contributed by atoms with E-state index in [1.165, 1.54) is 6.07 Å². The van der Waals surface area contributed by atoms with Crippen LogP contribution in [0.1, 0.15) is 15.9 Å². The smallest absolute Gasteiger partial charge is 0.457 e. The standard InChI is InChI=1S/C14H14F3N3O4/c15-14(16,17)13(23)24-6-9(18)12(22)20-11(21)8-2-1-7-3-4-19-10(7)5-8/h1-2,5,9,19H,3-4,6,18H2,(H,20,21,22)/t9-/m1/s1. The lowest BCUT2D eigenvalue weighted by Crippen LogP contribution is -2.47. The van der Waals surface area contributed by atoms with Gasteiger partial charge < -0.3 is 15.8 Å². The van der Waals surface area contributed by atoms with Gasteiger partial charge in [-0.25, -0.2) is 4.79 Å². The van der Waals surface area contributed by atoms with Crippen molar-refractivity contribution in [1.82, 2.24) is 5.32 Å². The van der Waals surface area contributed by atoms with Gasteiger partial charge in [0.2, 0.25) is 5.91 Å². The van der Waals surface area contributed by atoms with Gasteiger partial charge in [-0.1, -0.05) is 6.07 Å². The molecule has 4 N–H and O–H groups in total.